The molecule has 16 atom stereocenters. The number of hydrogen-bond donors (Lipinski definition) is 13. The molecule has 0 bridgehead atoms. The Labute approximate surface area is 269 Å². The van der Waals surface area contributed by atoms with Gasteiger partial charge in [-0.1, -0.05) is 0 Å². The number of aliphatic hydroxyl groups is 8. The molecule has 6 unspecified atom stereocenters. The third-order valence-corrected chi connectivity index (χ3v) is 7.69. The van der Waals surface area contributed by atoms with Gasteiger partial charge in [-0.05, 0) is 27.2 Å². The number of alkyl carbamates (subject to hydrolysis) is 1. The molecule has 3 fully saturated rings. The standard InChI is InChI=1S/C26H49N5O16/c1-26(2,3)47-25(41)30-5-4-8(33)21(40)31-22-19(45-23-14(36)11(28)12(34)10(7-32)43-23)17(39)18(20(29)46-22)44-24-16(38)15(37)13(35)9(6-27)42-24/h8-20,22-24,32-39H,4-7,27-29H2,1-3H3,(H,30,41)(H,31,40)/t8-,9?,10?,11-,12-,13-,14?,15-,16?,17-,18+,19?,20?,22+,23-,24-/m0/s1. The van der Waals surface area contributed by atoms with Gasteiger partial charge in [-0.15, -0.1) is 0 Å². The summed E-state index contributed by atoms with van der Waals surface area (Å²) in [7, 11) is 0. The lowest BCUT2D eigenvalue weighted by Crippen LogP contribution is -2.70. The summed E-state index contributed by atoms with van der Waals surface area (Å²) in [5.74, 6) is -1.06. The highest BCUT2D eigenvalue weighted by Gasteiger charge is 2.53. The van der Waals surface area contributed by atoms with Crippen molar-refractivity contribution in [1.82, 2.24) is 10.6 Å². The smallest absolute Gasteiger partial charge is 0.407 e. The molecule has 16 N–H and O–H groups in total. The molecule has 21 nitrogen and oxygen atoms in total. The molecule has 3 aliphatic rings. The molecule has 0 aromatic rings. The average molecular weight is 688 g/mol. The van der Waals surface area contributed by atoms with Gasteiger partial charge in [0.05, 0.1) is 12.6 Å². The van der Waals surface area contributed by atoms with Crippen LogP contribution in [0.25, 0.3) is 0 Å². The van der Waals surface area contributed by atoms with Crippen molar-refractivity contribution in [2.45, 2.75) is 131 Å². The SMILES string of the molecule is CC(C)(C)OC(=O)NCC[C@H](O)C(=O)N[C@@H]1OC(N)[C@H](O[C@@H]2OC(CN)[C@H](O)[C@H](O)C2O)[C@H](O)C1O[C@@H]1OC(CO)[C@H](O)[C@H](N)C1O. The van der Waals surface area contributed by atoms with Crippen LogP contribution >= 0.6 is 0 Å². The van der Waals surface area contributed by atoms with Crippen molar-refractivity contribution in [1.29, 1.82) is 0 Å². The first-order valence-corrected chi connectivity index (χ1v) is 15.0. The van der Waals surface area contributed by atoms with E-state index in [0.717, 1.165) is 0 Å². The summed E-state index contributed by atoms with van der Waals surface area (Å²) in [5.41, 5.74) is 16.7. The summed E-state index contributed by atoms with van der Waals surface area (Å²) < 4.78 is 33.0. The number of hydrogen-bond acceptors (Lipinski definition) is 19. The first-order valence-electron chi connectivity index (χ1n) is 15.0. The van der Waals surface area contributed by atoms with Crippen LogP contribution in [0, 0.1) is 0 Å². The van der Waals surface area contributed by atoms with E-state index in [1.54, 1.807) is 20.8 Å². The molecule has 47 heavy (non-hydrogen) atoms. The van der Waals surface area contributed by atoms with E-state index in [0.29, 0.717) is 0 Å². The zero-order valence-electron chi connectivity index (χ0n) is 26.1. The maximum Gasteiger partial charge on any atom is 0.407 e. The number of aliphatic hydroxyl groups excluding tert-OH is 8. The number of carbonyl (C=O) groups excluding carboxylic acids is 2. The zero-order chi connectivity index (χ0) is 35.4. The van der Waals surface area contributed by atoms with Gasteiger partial charge in [-0.25, -0.2) is 4.79 Å². The molecule has 21 heteroatoms. The van der Waals surface area contributed by atoms with Crippen LogP contribution in [0.1, 0.15) is 27.2 Å². The Balaban J connectivity index is 1.78. The van der Waals surface area contributed by atoms with Gasteiger partial charge in [0.15, 0.2) is 18.8 Å². The van der Waals surface area contributed by atoms with E-state index >= 15 is 0 Å². The Morgan fingerprint density at radius 1 is 0.830 bits per heavy atom. The second kappa shape index (κ2) is 16.7. The van der Waals surface area contributed by atoms with Crippen molar-refractivity contribution in [2.75, 3.05) is 19.7 Å². The fourth-order valence-corrected chi connectivity index (χ4v) is 5.06. The predicted octanol–water partition coefficient (Wildman–Crippen LogP) is -7.32. The minimum atomic E-state index is -1.91. The van der Waals surface area contributed by atoms with Crippen LogP contribution in [0.3, 0.4) is 0 Å². The minimum Gasteiger partial charge on any atom is -0.444 e. The second-order valence-corrected chi connectivity index (χ2v) is 12.5. The Kier molecular flexibility index (Phi) is 14.0. The molecule has 3 saturated heterocycles. The molecule has 0 aromatic carbocycles. The quantitative estimate of drug-likeness (QED) is 0.0959. The van der Waals surface area contributed by atoms with Crippen LogP contribution in [-0.4, -0.2) is 176 Å². The third-order valence-electron chi connectivity index (χ3n) is 7.69. The molecule has 3 rings (SSSR count). The van der Waals surface area contributed by atoms with Gasteiger partial charge in [-0.3, -0.25) is 4.79 Å². The first-order chi connectivity index (χ1) is 21.9. The van der Waals surface area contributed by atoms with Crippen molar-refractivity contribution in [3.63, 3.8) is 0 Å². The van der Waals surface area contributed by atoms with Crippen molar-refractivity contribution >= 4 is 12.0 Å². The van der Waals surface area contributed by atoms with Crippen LogP contribution in [-0.2, 0) is 33.2 Å². The van der Waals surface area contributed by atoms with Gasteiger partial charge in [0.2, 0.25) is 0 Å². The lowest BCUT2D eigenvalue weighted by atomic mass is 9.96. The number of ether oxygens (including phenoxy) is 6. The molecular weight excluding hydrogens is 638 g/mol. The molecule has 0 aromatic heterocycles. The molecular formula is C26H49N5O16. The summed E-state index contributed by atoms with van der Waals surface area (Å²) in [4.78, 5) is 24.8. The maximum absolute atomic E-state index is 12.9. The number of carbonyl (C=O) groups is 2. The number of rotatable bonds is 11. The van der Waals surface area contributed by atoms with Crippen LogP contribution in [0.4, 0.5) is 4.79 Å². The third kappa shape index (κ3) is 9.85. The van der Waals surface area contributed by atoms with E-state index in [1.165, 1.54) is 0 Å². The molecule has 3 heterocycles. The molecule has 274 valence electrons. The largest absolute Gasteiger partial charge is 0.444 e. The second-order valence-electron chi connectivity index (χ2n) is 12.5. The molecule has 2 amide bonds. The van der Waals surface area contributed by atoms with E-state index in [9.17, 15) is 50.4 Å². The van der Waals surface area contributed by atoms with Crippen molar-refractivity contribution in [3.05, 3.63) is 0 Å². The molecule has 0 spiro atoms. The summed E-state index contributed by atoms with van der Waals surface area (Å²) in [6.45, 7) is 3.75. The maximum atomic E-state index is 12.9. The lowest BCUT2D eigenvalue weighted by molar-refractivity contribution is -0.358. The van der Waals surface area contributed by atoms with E-state index in [2.05, 4.69) is 10.6 Å². The average Bonchev–Trinajstić information content (AvgIpc) is 2.99. The molecule has 0 saturated carbocycles. The number of amides is 2. The topological polar surface area (TPSA) is 353 Å². The normalized spacial score (nSPS) is 42.0. The van der Waals surface area contributed by atoms with Crippen molar-refractivity contribution in [2.24, 2.45) is 17.2 Å². The zero-order valence-corrected chi connectivity index (χ0v) is 26.1. The van der Waals surface area contributed by atoms with Gasteiger partial charge in [0.1, 0.15) is 79.0 Å². The predicted molar refractivity (Wildman–Crippen MR) is 153 cm³/mol. The Morgan fingerprint density at radius 2 is 1.43 bits per heavy atom. The van der Waals surface area contributed by atoms with Gasteiger partial charge in [-0.2, -0.15) is 0 Å². The molecule has 0 radical (unpaired) electrons. The highest BCUT2D eigenvalue weighted by Crippen LogP contribution is 2.31. The fourth-order valence-electron chi connectivity index (χ4n) is 5.06. The van der Waals surface area contributed by atoms with Crippen LogP contribution in [0.5, 0.6) is 0 Å². The van der Waals surface area contributed by atoms with E-state index < -0.39 is 122 Å². The lowest BCUT2D eigenvalue weighted by Gasteiger charge is -2.48. The van der Waals surface area contributed by atoms with Gasteiger partial charge in [0, 0.05) is 13.1 Å². The summed E-state index contributed by atoms with van der Waals surface area (Å²) in [6, 6.07) is -1.39. The fraction of sp³-hybridized carbons (Fsp3) is 0.923. The van der Waals surface area contributed by atoms with E-state index in [1.807, 2.05) is 0 Å². The number of nitrogens with one attached hydrogen (secondary N) is 2. The van der Waals surface area contributed by atoms with Gasteiger partial charge < -0.3 is 97.1 Å². The van der Waals surface area contributed by atoms with Crippen LogP contribution in [0.15, 0.2) is 0 Å². The van der Waals surface area contributed by atoms with Crippen molar-refractivity contribution in [3.8, 4) is 0 Å². The Morgan fingerprint density at radius 3 is 2.02 bits per heavy atom. The van der Waals surface area contributed by atoms with Gasteiger partial charge >= 0.3 is 6.09 Å². The van der Waals surface area contributed by atoms with E-state index in [4.69, 9.17) is 45.6 Å². The summed E-state index contributed by atoms with van der Waals surface area (Å²) in [6.07, 6.45) is -25.8. The van der Waals surface area contributed by atoms with Crippen LogP contribution in [0.2, 0.25) is 0 Å². The highest BCUT2D eigenvalue weighted by atomic mass is 16.7. The monoisotopic (exact) mass is 687 g/mol. The number of nitrogens with two attached hydrogens (primary N) is 3. The summed E-state index contributed by atoms with van der Waals surface area (Å²) >= 11 is 0. The van der Waals surface area contributed by atoms with Gasteiger partial charge in [0.25, 0.3) is 5.91 Å². The Hall–Kier alpha value is -1.90. The highest BCUT2D eigenvalue weighted by molar-refractivity contribution is 5.80. The van der Waals surface area contributed by atoms with E-state index in [-0.39, 0.29) is 19.5 Å². The minimum absolute atomic E-state index is 0.175. The van der Waals surface area contributed by atoms with Crippen molar-refractivity contribution < 1.29 is 78.9 Å². The Bertz CT molecular complexity index is 1020. The molecule has 3 aliphatic heterocycles. The van der Waals surface area contributed by atoms with Crippen LogP contribution < -0.4 is 27.8 Å². The molecule has 0 aliphatic carbocycles. The summed E-state index contributed by atoms with van der Waals surface area (Å²) in [5, 5.41) is 87.8. The first kappa shape index (κ1) is 39.5.